The molecule has 0 aliphatic carbocycles. The molecule has 0 heterocycles. The summed E-state index contributed by atoms with van der Waals surface area (Å²) in [6.07, 6.45) is 0. The SMILES string of the molecule is N#Cc1c(C(=O)O)ccc(Br)c1F. The first-order chi connectivity index (χ1) is 6.07. The van der Waals surface area contributed by atoms with Crippen LogP contribution in [0.5, 0.6) is 0 Å². The molecular weight excluding hydrogens is 241 g/mol. The van der Waals surface area contributed by atoms with Crippen molar-refractivity contribution in [2.75, 3.05) is 0 Å². The van der Waals surface area contributed by atoms with Gasteiger partial charge in [0, 0.05) is 0 Å². The van der Waals surface area contributed by atoms with E-state index in [9.17, 15) is 9.18 Å². The van der Waals surface area contributed by atoms with E-state index in [0.717, 1.165) is 0 Å². The van der Waals surface area contributed by atoms with Crippen molar-refractivity contribution < 1.29 is 14.3 Å². The van der Waals surface area contributed by atoms with E-state index < -0.39 is 17.3 Å². The maximum Gasteiger partial charge on any atom is 0.337 e. The molecule has 5 heteroatoms. The monoisotopic (exact) mass is 243 g/mol. The highest BCUT2D eigenvalue weighted by Crippen LogP contribution is 2.21. The van der Waals surface area contributed by atoms with Gasteiger partial charge in [0.25, 0.3) is 0 Å². The first-order valence-electron chi connectivity index (χ1n) is 3.19. The first kappa shape index (κ1) is 9.68. The Hall–Kier alpha value is -1.41. The molecule has 0 atom stereocenters. The molecular formula is C8H3BrFNO2. The summed E-state index contributed by atoms with van der Waals surface area (Å²) in [7, 11) is 0. The van der Waals surface area contributed by atoms with Crippen LogP contribution in [0.3, 0.4) is 0 Å². The summed E-state index contributed by atoms with van der Waals surface area (Å²) in [5, 5.41) is 17.1. The second-order valence-electron chi connectivity index (χ2n) is 2.20. The predicted molar refractivity (Wildman–Crippen MR) is 45.8 cm³/mol. The second kappa shape index (κ2) is 3.54. The summed E-state index contributed by atoms with van der Waals surface area (Å²) in [6.45, 7) is 0. The van der Waals surface area contributed by atoms with E-state index in [1.165, 1.54) is 18.2 Å². The molecule has 0 aliphatic heterocycles. The van der Waals surface area contributed by atoms with Crippen molar-refractivity contribution in [3.8, 4) is 6.07 Å². The van der Waals surface area contributed by atoms with Crippen molar-refractivity contribution >= 4 is 21.9 Å². The van der Waals surface area contributed by atoms with E-state index in [-0.39, 0.29) is 10.0 Å². The fourth-order valence-corrected chi connectivity index (χ4v) is 1.17. The number of rotatable bonds is 1. The second-order valence-corrected chi connectivity index (χ2v) is 3.06. The number of carbonyl (C=O) groups is 1. The van der Waals surface area contributed by atoms with Crippen LogP contribution in [0.25, 0.3) is 0 Å². The Morgan fingerprint density at radius 2 is 2.23 bits per heavy atom. The van der Waals surface area contributed by atoms with Gasteiger partial charge in [-0.1, -0.05) is 0 Å². The third kappa shape index (κ3) is 1.68. The molecule has 13 heavy (non-hydrogen) atoms. The molecule has 1 aromatic carbocycles. The van der Waals surface area contributed by atoms with Crippen molar-refractivity contribution in [3.63, 3.8) is 0 Å². The summed E-state index contributed by atoms with van der Waals surface area (Å²) >= 11 is 2.85. The third-order valence-electron chi connectivity index (χ3n) is 1.44. The van der Waals surface area contributed by atoms with E-state index in [0.29, 0.717) is 0 Å². The van der Waals surface area contributed by atoms with Gasteiger partial charge in [0.1, 0.15) is 11.6 Å². The van der Waals surface area contributed by atoms with Crippen molar-refractivity contribution in [2.24, 2.45) is 0 Å². The van der Waals surface area contributed by atoms with Crippen LogP contribution in [-0.2, 0) is 0 Å². The molecule has 3 nitrogen and oxygen atoms in total. The molecule has 0 unspecified atom stereocenters. The Morgan fingerprint density at radius 3 is 2.69 bits per heavy atom. The van der Waals surface area contributed by atoms with Gasteiger partial charge in [0.05, 0.1) is 10.0 Å². The van der Waals surface area contributed by atoms with Crippen LogP contribution in [0.15, 0.2) is 16.6 Å². The van der Waals surface area contributed by atoms with Gasteiger partial charge in [-0.15, -0.1) is 0 Å². The Labute approximate surface area is 81.5 Å². The van der Waals surface area contributed by atoms with E-state index >= 15 is 0 Å². The standard InChI is InChI=1S/C8H3BrFNO2/c9-6-2-1-4(8(12)13)5(3-11)7(6)10/h1-2H,(H,12,13). The van der Waals surface area contributed by atoms with E-state index in [2.05, 4.69) is 15.9 Å². The van der Waals surface area contributed by atoms with Crippen LogP contribution >= 0.6 is 15.9 Å². The normalized spacial score (nSPS) is 9.31. The molecule has 1 N–H and O–H groups in total. The minimum atomic E-state index is -1.32. The number of benzene rings is 1. The van der Waals surface area contributed by atoms with Crippen LogP contribution in [0.2, 0.25) is 0 Å². The first-order valence-corrected chi connectivity index (χ1v) is 3.98. The molecule has 0 spiro atoms. The van der Waals surface area contributed by atoms with Crippen molar-refractivity contribution in [1.82, 2.24) is 0 Å². The van der Waals surface area contributed by atoms with Crippen LogP contribution < -0.4 is 0 Å². The largest absolute Gasteiger partial charge is 0.478 e. The molecule has 1 rings (SSSR count). The lowest BCUT2D eigenvalue weighted by molar-refractivity contribution is 0.0696. The smallest absolute Gasteiger partial charge is 0.337 e. The molecule has 0 radical (unpaired) electrons. The van der Waals surface area contributed by atoms with E-state index in [1.807, 2.05) is 0 Å². The number of carboxylic acid groups (broad SMARTS) is 1. The van der Waals surface area contributed by atoms with Crippen molar-refractivity contribution in [1.29, 1.82) is 5.26 Å². The van der Waals surface area contributed by atoms with Gasteiger partial charge in [-0.05, 0) is 28.1 Å². The molecule has 0 bridgehead atoms. The summed E-state index contributed by atoms with van der Waals surface area (Å²) in [5.74, 6) is -2.16. The quantitative estimate of drug-likeness (QED) is 0.823. The highest BCUT2D eigenvalue weighted by atomic mass is 79.9. The Balaban J connectivity index is 3.50. The zero-order valence-electron chi connectivity index (χ0n) is 6.21. The highest BCUT2D eigenvalue weighted by Gasteiger charge is 2.16. The fraction of sp³-hybridized carbons (Fsp3) is 0. The molecule has 0 saturated heterocycles. The maximum atomic E-state index is 13.1. The van der Waals surface area contributed by atoms with Crippen LogP contribution in [0.4, 0.5) is 4.39 Å². The number of hydrogen-bond donors (Lipinski definition) is 1. The van der Waals surface area contributed by atoms with E-state index in [1.54, 1.807) is 0 Å². The topological polar surface area (TPSA) is 61.1 Å². The van der Waals surface area contributed by atoms with Gasteiger partial charge in [-0.3, -0.25) is 0 Å². The Bertz CT molecular complexity index is 411. The number of carboxylic acids is 1. The van der Waals surface area contributed by atoms with Crippen LogP contribution in [0, 0.1) is 17.1 Å². The number of hydrogen-bond acceptors (Lipinski definition) is 2. The summed E-state index contributed by atoms with van der Waals surface area (Å²) in [6, 6.07) is 3.92. The average molecular weight is 244 g/mol. The summed E-state index contributed by atoms with van der Waals surface area (Å²) in [5.41, 5.74) is -0.787. The lowest BCUT2D eigenvalue weighted by atomic mass is 10.1. The van der Waals surface area contributed by atoms with Gasteiger partial charge in [0.15, 0.2) is 5.82 Å². The third-order valence-corrected chi connectivity index (χ3v) is 2.05. The fourth-order valence-electron chi connectivity index (χ4n) is 0.838. The maximum absolute atomic E-state index is 13.1. The lowest BCUT2D eigenvalue weighted by Gasteiger charge is -2.00. The Morgan fingerprint density at radius 1 is 1.62 bits per heavy atom. The lowest BCUT2D eigenvalue weighted by Crippen LogP contribution is -2.02. The number of halogens is 2. The van der Waals surface area contributed by atoms with Gasteiger partial charge in [-0.2, -0.15) is 5.26 Å². The van der Waals surface area contributed by atoms with Crippen molar-refractivity contribution in [3.05, 3.63) is 33.5 Å². The number of aromatic carboxylic acids is 1. The van der Waals surface area contributed by atoms with Gasteiger partial charge in [-0.25, -0.2) is 9.18 Å². The van der Waals surface area contributed by atoms with Crippen LogP contribution in [-0.4, -0.2) is 11.1 Å². The molecule has 0 aromatic heterocycles. The minimum absolute atomic E-state index is 0.0778. The Kier molecular flexibility index (Phi) is 2.63. The van der Waals surface area contributed by atoms with Gasteiger partial charge in [0.2, 0.25) is 0 Å². The molecule has 0 aliphatic rings. The molecule has 0 amide bonds. The molecule has 0 saturated carbocycles. The molecule has 66 valence electrons. The number of nitrogens with zero attached hydrogens (tertiary/aromatic N) is 1. The molecule has 0 fully saturated rings. The van der Waals surface area contributed by atoms with Crippen molar-refractivity contribution in [2.45, 2.75) is 0 Å². The average Bonchev–Trinajstić information content (AvgIpc) is 2.09. The van der Waals surface area contributed by atoms with E-state index in [4.69, 9.17) is 10.4 Å². The summed E-state index contributed by atoms with van der Waals surface area (Å²) < 4.78 is 13.2. The highest BCUT2D eigenvalue weighted by molar-refractivity contribution is 9.10. The zero-order valence-corrected chi connectivity index (χ0v) is 7.80. The predicted octanol–water partition coefficient (Wildman–Crippen LogP) is 2.16. The van der Waals surface area contributed by atoms with Gasteiger partial charge >= 0.3 is 5.97 Å². The summed E-state index contributed by atoms with van der Waals surface area (Å²) in [4.78, 5) is 10.5. The number of nitriles is 1. The zero-order chi connectivity index (χ0) is 10.0. The van der Waals surface area contributed by atoms with Crippen LogP contribution in [0.1, 0.15) is 15.9 Å². The van der Waals surface area contributed by atoms with Gasteiger partial charge < -0.3 is 5.11 Å². The molecule has 1 aromatic rings. The minimum Gasteiger partial charge on any atom is -0.478 e.